The molecule has 1 fully saturated rings. The van der Waals surface area contributed by atoms with Crippen LogP contribution in [0.15, 0.2) is 24.3 Å². The van der Waals surface area contributed by atoms with Crippen LogP contribution in [0.5, 0.6) is 0 Å². The third-order valence-electron chi connectivity index (χ3n) is 4.31. The van der Waals surface area contributed by atoms with Crippen LogP contribution < -0.4 is 10.5 Å². The molecular weight excluding hydrogens is 234 g/mol. The predicted octanol–water partition coefficient (Wildman–Crippen LogP) is 3.51. The third kappa shape index (κ3) is 3.45. The molecule has 0 amide bonds. The van der Waals surface area contributed by atoms with E-state index in [0.29, 0.717) is 6.04 Å². The molecule has 1 atom stereocenters. The Kier molecular flexibility index (Phi) is 4.28. The molecule has 100 valence electrons. The van der Waals surface area contributed by atoms with Gasteiger partial charge in [-0.05, 0) is 31.2 Å². The molecule has 2 heteroatoms. The monoisotopic (exact) mass is 261 g/mol. The Morgan fingerprint density at radius 1 is 1.17 bits per heavy atom. The van der Waals surface area contributed by atoms with Gasteiger partial charge in [-0.2, -0.15) is 0 Å². The maximum atomic E-state index is 3.67. The van der Waals surface area contributed by atoms with Gasteiger partial charge in [0.15, 0.2) is 0 Å². The fourth-order valence-corrected chi connectivity index (χ4v) is 3.67. The van der Waals surface area contributed by atoms with Crippen molar-refractivity contribution in [1.29, 1.82) is 0 Å². The van der Waals surface area contributed by atoms with Crippen LogP contribution >= 0.6 is 0 Å². The molecule has 1 aliphatic carbocycles. The molecule has 0 heterocycles. The summed E-state index contributed by atoms with van der Waals surface area (Å²) in [6.45, 7) is 10.6. The molecule has 0 aromatic heterocycles. The van der Waals surface area contributed by atoms with E-state index in [0.717, 1.165) is 12.5 Å². The van der Waals surface area contributed by atoms with Crippen molar-refractivity contribution in [1.82, 2.24) is 5.32 Å². The van der Waals surface area contributed by atoms with Crippen molar-refractivity contribution >= 4 is 13.3 Å². The lowest BCUT2D eigenvalue weighted by atomic mass is 9.80. The zero-order valence-corrected chi connectivity index (χ0v) is 13.3. The zero-order valence-electron chi connectivity index (χ0n) is 12.3. The van der Waals surface area contributed by atoms with Gasteiger partial charge in [0.2, 0.25) is 0 Å². The molecule has 0 aliphatic heterocycles. The third-order valence-corrected chi connectivity index (χ3v) is 6.37. The standard InChI is InChI=1S/C16H27NSi/c1-13(15-6-5-7-15)17-12-14-8-10-16(11-9-14)18(2,3)4/h8-11,13,15,17H,5-7,12H2,1-4H3. The summed E-state index contributed by atoms with van der Waals surface area (Å²) in [7, 11) is -1.14. The van der Waals surface area contributed by atoms with E-state index in [1.54, 1.807) is 5.19 Å². The highest BCUT2D eigenvalue weighted by molar-refractivity contribution is 6.88. The van der Waals surface area contributed by atoms with Crippen molar-refractivity contribution in [3.63, 3.8) is 0 Å². The van der Waals surface area contributed by atoms with Crippen molar-refractivity contribution in [3.8, 4) is 0 Å². The number of hydrogen-bond acceptors (Lipinski definition) is 1. The van der Waals surface area contributed by atoms with Crippen molar-refractivity contribution in [2.45, 2.75) is 58.4 Å². The molecule has 1 nitrogen and oxygen atoms in total. The van der Waals surface area contributed by atoms with Crippen LogP contribution in [0.3, 0.4) is 0 Å². The average Bonchev–Trinajstić information content (AvgIpc) is 2.23. The molecule has 0 saturated heterocycles. The van der Waals surface area contributed by atoms with Gasteiger partial charge in [-0.15, -0.1) is 0 Å². The summed E-state index contributed by atoms with van der Waals surface area (Å²) < 4.78 is 0. The van der Waals surface area contributed by atoms with E-state index in [9.17, 15) is 0 Å². The minimum atomic E-state index is -1.14. The van der Waals surface area contributed by atoms with Crippen LogP contribution in [0.2, 0.25) is 19.6 Å². The van der Waals surface area contributed by atoms with E-state index in [-0.39, 0.29) is 0 Å². The quantitative estimate of drug-likeness (QED) is 0.800. The smallest absolute Gasteiger partial charge is 0.0775 e. The highest BCUT2D eigenvalue weighted by Crippen LogP contribution is 2.29. The second-order valence-electron chi connectivity index (χ2n) is 6.81. The molecule has 0 spiro atoms. The number of rotatable bonds is 5. The Balaban J connectivity index is 1.86. The van der Waals surface area contributed by atoms with Gasteiger partial charge < -0.3 is 5.32 Å². The summed E-state index contributed by atoms with van der Waals surface area (Å²) in [5, 5.41) is 5.22. The first-order chi connectivity index (χ1) is 8.47. The minimum Gasteiger partial charge on any atom is -0.310 e. The number of benzene rings is 1. The van der Waals surface area contributed by atoms with Crippen molar-refractivity contribution in [2.24, 2.45) is 5.92 Å². The highest BCUT2D eigenvalue weighted by atomic mass is 28.3. The Morgan fingerprint density at radius 3 is 2.22 bits per heavy atom. The van der Waals surface area contributed by atoms with E-state index >= 15 is 0 Å². The Labute approximate surface area is 113 Å². The van der Waals surface area contributed by atoms with E-state index in [4.69, 9.17) is 0 Å². The van der Waals surface area contributed by atoms with Crippen molar-refractivity contribution in [2.75, 3.05) is 0 Å². The van der Waals surface area contributed by atoms with Gasteiger partial charge >= 0.3 is 0 Å². The van der Waals surface area contributed by atoms with Gasteiger partial charge in [-0.3, -0.25) is 0 Å². The zero-order chi connectivity index (χ0) is 13.2. The maximum absolute atomic E-state index is 3.67. The van der Waals surface area contributed by atoms with E-state index in [1.165, 1.54) is 24.8 Å². The summed E-state index contributed by atoms with van der Waals surface area (Å²) in [5.41, 5.74) is 1.42. The molecule has 18 heavy (non-hydrogen) atoms. The lowest BCUT2D eigenvalue weighted by molar-refractivity contribution is 0.240. The molecule has 0 bridgehead atoms. The van der Waals surface area contributed by atoms with Crippen molar-refractivity contribution < 1.29 is 0 Å². The Bertz CT molecular complexity index is 373. The van der Waals surface area contributed by atoms with E-state index in [1.807, 2.05) is 0 Å². The van der Waals surface area contributed by atoms with Crippen LogP contribution in [0.4, 0.5) is 0 Å². The summed E-state index contributed by atoms with van der Waals surface area (Å²) in [6.07, 6.45) is 4.27. The fraction of sp³-hybridized carbons (Fsp3) is 0.625. The lowest BCUT2D eigenvalue weighted by Crippen LogP contribution is -2.38. The maximum Gasteiger partial charge on any atom is 0.0775 e. The molecule has 1 unspecified atom stereocenters. The molecule has 0 radical (unpaired) electrons. The Hall–Kier alpha value is -0.603. The van der Waals surface area contributed by atoms with Crippen LogP contribution in [0, 0.1) is 5.92 Å². The molecular formula is C16H27NSi. The van der Waals surface area contributed by atoms with Gasteiger partial charge in [0, 0.05) is 12.6 Å². The predicted molar refractivity (Wildman–Crippen MR) is 83.1 cm³/mol. The van der Waals surface area contributed by atoms with Gasteiger partial charge in [-0.1, -0.05) is 55.5 Å². The Morgan fingerprint density at radius 2 is 1.78 bits per heavy atom. The van der Waals surface area contributed by atoms with Gasteiger partial charge in [0.1, 0.15) is 0 Å². The van der Waals surface area contributed by atoms with E-state index < -0.39 is 8.07 Å². The summed E-state index contributed by atoms with van der Waals surface area (Å²) >= 11 is 0. The molecule has 1 aromatic carbocycles. The molecule has 1 aromatic rings. The second-order valence-corrected chi connectivity index (χ2v) is 11.9. The molecule has 2 rings (SSSR count). The van der Waals surface area contributed by atoms with Gasteiger partial charge in [0.05, 0.1) is 8.07 Å². The van der Waals surface area contributed by atoms with Crippen LogP contribution in [-0.4, -0.2) is 14.1 Å². The lowest BCUT2D eigenvalue weighted by Gasteiger charge is -2.32. The first-order valence-electron chi connectivity index (χ1n) is 7.29. The normalized spacial score (nSPS) is 18.4. The SMILES string of the molecule is CC(NCc1ccc([Si](C)(C)C)cc1)C1CCC1. The number of nitrogens with one attached hydrogen (secondary N) is 1. The highest BCUT2D eigenvalue weighted by Gasteiger charge is 2.23. The first kappa shape index (κ1) is 13.8. The largest absolute Gasteiger partial charge is 0.310 e. The van der Waals surface area contributed by atoms with Gasteiger partial charge in [0.25, 0.3) is 0 Å². The molecule has 1 saturated carbocycles. The minimum absolute atomic E-state index is 0.676. The number of hydrogen-bond donors (Lipinski definition) is 1. The first-order valence-corrected chi connectivity index (χ1v) is 10.8. The van der Waals surface area contributed by atoms with Crippen LogP contribution in [0.25, 0.3) is 0 Å². The van der Waals surface area contributed by atoms with Crippen LogP contribution in [-0.2, 0) is 6.54 Å². The topological polar surface area (TPSA) is 12.0 Å². The van der Waals surface area contributed by atoms with Crippen molar-refractivity contribution in [3.05, 3.63) is 29.8 Å². The molecule has 1 aliphatic rings. The van der Waals surface area contributed by atoms with E-state index in [2.05, 4.69) is 56.1 Å². The fourth-order valence-electron chi connectivity index (χ4n) is 2.51. The second kappa shape index (κ2) is 5.58. The average molecular weight is 261 g/mol. The van der Waals surface area contributed by atoms with Gasteiger partial charge in [-0.25, -0.2) is 0 Å². The summed E-state index contributed by atoms with van der Waals surface area (Å²) in [6, 6.07) is 9.94. The summed E-state index contributed by atoms with van der Waals surface area (Å²) in [5.74, 6) is 0.922. The summed E-state index contributed by atoms with van der Waals surface area (Å²) in [4.78, 5) is 0. The van der Waals surface area contributed by atoms with Crippen LogP contribution in [0.1, 0.15) is 31.7 Å². The molecule has 1 N–H and O–H groups in total.